The molecule has 10 heteroatoms. The van der Waals surface area contributed by atoms with Crippen LogP contribution in [0.2, 0.25) is 0 Å². The van der Waals surface area contributed by atoms with Crippen LogP contribution >= 0.6 is 11.8 Å². The molecule has 5 aromatic rings. The van der Waals surface area contributed by atoms with Gasteiger partial charge in [0.25, 0.3) is 0 Å². The lowest BCUT2D eigenvalue weighted by Gasteiger charge is -2.21. The molecule has 1 heterocycles. The number of halogens is 1. The van der Waals surface area contributed by atoms with E-state index in [0.717, 1.165) is 22.4 Å². The first-order valence-electron chi connectivity index (χ1n) is 14.2. The van der Waals surface area contributed by atoms with Gasteiger partial charge < -0.3 is 15.4 Å². The second-order valence-corrected chi connectivity index (χ2v) is 11.0. The van der Waals surface area contributed by atoms with E-state index >= 15 is 0 Å². The number of anilines is 1. The second-order valence-electron chi connectivity index (χ2n) is 10.1. The number of thioether (sulfide) groups is 1. The summed E-state index contributed by atoms with van der Waals surface area (Å²) in [4.78, 5) is 25.3. The summed E-state index contributed by atoms with van der Waals surface area (Å²) < 4.78 is 20.5. The lowest BCUT2D eigenvalue weighted by atomic mass is 10.1. The Morgan fingerprint density at radius 2 is 1.59 bits per heavy atom. The molecule has 4 aromatic carbocycles. The van der Waals surface area contributed by atoms with Crippen LogP contribution in [0.25, 0.3) is 5.69 Å². The van der Waals surface area contributed by atoms with E-state index in [1.54, 1.807) is 43.3 Å². The number of nitrogens with one attached hydrogen (secondary N) is 2. The van der Waals surface area contributed by atoms with Gasteiger partial charge in [0.1, 0.15) is 5.82 Å². The van der Waals surface area contributed by atoms with E-state index in [0.29, 0.717) is 34.4 Å². The van der Waals surface area contributed by atoms with E-state index in [-0.39, 0.29) is 12.4 Å². The van der Waals surface area contributed by atoms with Gasteiger partial charge in [-0.2, -0.15) is 0 Å². The smallest absolute Gasteiger partial charge is 0.338 e. The molecule has 1 unspecified atom stereocenters. The van der Waals surface area contributed by atoms with Crippen LogP contribution in [0.4, 0.5) is 14.9 Å². The molecule has 44 heavy (non-hydrogen) atoms. The molecule has 0 fully saturated rings. The van der Waals surface area contributed by atoms with Crippen LogP contribution in [0.3, 0.4) is 0 Å². The first-order valence-corrected chi connectivity index (χ1v) is 15.2. The molecule has 0 saturated heterocycles. The van der Waals surface area contributed by atoms with E-state index < -0.39 is 18.0 Å². The molecular formula is C34H32FN5O3S. The fourth-order valence-electron chi connectivity index (χ4n) is 4.55. The minimum Gasteiger partial charge on any atom is -0.462 e. The highest BCUT2D eigenvalue weighted by Gasteiger charge is 2.25. The Morgan fingerprint density at radius 3 is 2.27 bits per heavy atom. The largest absolute Gasteiger partial charge is 0.462 e. The average Bonchev–Trinajstić information content (AvgIpc) is 3.46. The number of carbonyl (C=O) groups excluding carboxylic acids is 2. The Labute approximate surface area is 259 Å². The topological polar surface area (TPSA) is 98.1 Å². The fourth-order valence-corrected chi connectivity index (χ4v) is 5.47. The molecule has 224 valence electrons. The fraction of sp³-hybridized carbons (Fsp3) is 0.176. The van der Waals surface area contributed by atoms with E-state index in [1.165, 1.54) is 23.9 Å². The van der Waals surface area contributed by atoms with Crippen molar-refractivity contribution in [3.8, 4) is 5.69 Å². The van der Waals surface area contributed by atoms with Crippen LogP contribution in [0, 0.1) is 12.7 Å². The highest BCUT2D eigenvalue weighted by molar-refractivity contribution is 7.98. The number of hydrogen-bond acceptors (Lipinski definition) is 6. The maximum Gasteiger partial charge on any atom is 0.338 e. The number of esters is 1. The molecule has 0 aliphatic rings. The standard InChI is InChI=1S/C34H32FN5O3S/c1-3-43-32(41)26-13-17-28(18-14-26)36-33(42)37-30(21-24-7-5-4-6-8-24)31-38-39-34(40(31)29-19-9-23(2)10-20-29)44-22-25-11-15-27(35)16-12-25/h4-20,30H,3,21-22H2,1-2H3,(H2,36,37,42). The molecule has 2 N–H and O–H groups in total. The SMILES string of the molecule is CCOC(=O)c1ccc(NC(=O)NC(Cc2ccccc2)c2nnc(SCc3ccc(F)cc3)n2-c2ccc(C)cc2)cc1. The normalized spacial score (nSPS) is 11.5. The van der Waals surface area contributed by atoms with Gasteiger partial charge in [0, 0.05) is 23.5 Å². The van der Waals surface area contributed by atoms with Crippen molar-refractivity contribution < 1.29 is 18.7 Å². The monoisotopic (exact) mass is 609 g/mol. The van der Waals surface area contributed by atoms with Gasteiger partial charge in [-0.3, -0.25) is 4.57 Å². The lowest BCUT2D eigenvalue weighted by molar-refractivity contribution is 0.0526. The minimum absolute atomic E-state index is 0.281. The summed E-state index contributed by atoms with van der Waals surface area (Å²) in [5.74, 6) is 0.414. The van der Waals surface area contributed by atoms with Crippen LogP contribution in [-0.4, -0.2) is 33.4 Å². The number of carbonyl (C=O) groups is 2. The maximum atomic E-state index is 13.5. The van der Waals surface area contributed by atoms with Crippen LogP contribution in [0.15, 0.2) is 108 Å². The molecule has 0 aliphatic carbocycles. The summed E-state index contributed by atoms with van der Waals surface area (Å²) in [5, 5.41) is 15.7. The Kier molecular flexibility index (Phi) is 10.0. The molecular weight excluding hydrogens is 577 g/mol. The number of amides is 2. The summed E-state index contributed by atoms with van der Waals surface area (Å²) in [6.07, 6.45) is 0.461. The molecule has 8 nitrogen and oxygen atoms in total. The van der Waals surface area contributed by atoms with Gasteiger partial charge >= 0.3 is 12.0 Å². The van der Waals surface area contributed by atoms with Crippen molar-refractivity contribution in [2.75, 3.05) is 11.9 Å². The van der Waals surface area contributed by atoms with Gasteiger partial charge in [0.15, 0.2) is 11.0 Å². The molecule has 0 saturated carbocycles. The summed E-state index contributed by atoms with van der Waals surface area (Å²) in [6, 6.07) is 29.8. The minimum atomic E-state index is -0.551. The first-order chi connectivity index (χ1) is 21.4. The number of urea groups is 1. The zero-order chi connectivity index (χ0) is 30.9. The molecule has 0 bridgehead atoms. The molecule has 0 radical (unpaired) electrons. The van der Waals surface area contributed by atoms with Crippen LogP contribution in [-0.2, 0) is 16.9 Å². The molecule has 0 spiro atoms. The predicted molar refractivity (Wildman–Crippen MR) is 169 cm³/mol. The van der Waals surface area contributed by atoms with Crippen molar-refractivity contribution in [1.82, 2.24) is 20.1 Å². The van der Waals surface area contributed by atoms with E-state index in [9.17, 15) is 14.0 Å². The van der Waals surface area contributed by atoms with Crippen molar-refractivity contribution in [3.63, 3.8) is 0 Å². The Balaban J connectivity index is 1.44. The van der Waals surface area contributed by atoms with Gasteiger partial charge in [-0.15, -0.1) is 10.2 Å². The van der Waals surface area contributed by atoms with E-state index in [1.807, 2.05) is 66.1 Å². The second kappa shape index (κ2) is 14.5. The summed E-state index contributed by atoms with van der Waals surface area (Å²) >= 11 is 1.48. The summed E-state index contributed by atoms with van der Waals surface area (Å²) in [6.45, 7) is 4.05. The molecule has 5 rings (SSSR count). The highest BCUT2D eigenvalue weighted by Crippen LogP contribution is 2.29. The third-order valence-electron chi connectivity index (χ3n) is 6.79. The number of aromatic nitrogens is 3. The zero-order valence-electron chi connectivity index (χ0n) is 24.4. The number of rotatable bonds is 11. The van der Waals surface area contributed by atoms with E-state index in [4.69, 9.17) is 4.74 Å². The van der Waals surface area contributed by atoms with Crippen molar-refractivity contribution in [2.24, 2.45) is 0 Å². The Morgan fingerprint density at radius 1 is 0.886 bits per heavy atom. The van der Waals surface area contributed by atoms with Gasteiger partial charge in [0.2, 0.25) is 0 Å². The van der Waals surface area contributed by atoms with Crippen molar-refractivity contribution in [3.05, 3.63) is 137 Å². The third kappa shape index (κ3) is 7.90. The number of aryl methyl sites for hydroxylation is 1. The molecule has 1 aromatic heterocycles. The third-order valence-corrected chi connectivity index (χ3v) is 7.79. The summed E-state index contributed by atoms with van der Waals surface area (Å²) in [7, 11) is 0. The van der Waals surface area contributed by atoms with Crippen LogP contribution in [0.5, 0.6) is 0 Å². The van der Waals surface area contributed by atoms with Crippen molar-refractivity contribution in [2.45, 2.75) is 37.2 Å². The average molecular weight is 610 g/mol. The first kappa shape index (κ1) is 30.5. The number of ether oxygens (including phenoxy) is 1. The summed E-state index contributed by atoms with van der Waals surface area (Å²) in [5.41, 5.74) is 4.84. The highest BCUT2D eigenvalue weighted by atomic mass is 32.2. The Hall–Kier alpha value is -4.96. The Bertz CT molecular complexity index is 1690. The quantitative estimate of drug-likeness (QED) is 0.121. The zero-order valence-corrected chi connectivity index (χ0v) is 25.2. The molecule has 2 amide bonds. The van der Waals surface area contributed by atoms with Crippen molar-refractivity contribution in [1.29, 1.82) is 0 Å². The van der Waals surface area contributed by atoms with Crippen LogP contribution < -0.4 is 10.6 Å². The number of hydrogen-bond donors (Lipinski definition) is 2. The maximum absolute atomic E-state index is 13.5. The number of nitrogens with zero attached hydrogens (tertiary/aromatic N) is 3. The lowest BCUT2D eigenvalue weighted by Crippen LogP contribution is -2.35. The number of benzene rings is 4. The van der Waals surface area contributed by atoms with Gasteiger partial charge in [-0.1, -0.05) is 71.9 Å². The van der Waals surface area contributed by atoms with Crippen LogP contribution in [0.1, 0.15) is 45.8 Å². The predicted octanol–water partition coefficient (Wildman–Crippen LogP) is 7.29. The molecule has 0 aliphatic heterocycles. The van der Waals surface area contributed by atoms with Gasteiger partial charge in [0.05, 0.1) is 18.2 Å². The van der Waals surface area contributed by atoms with Gasteiger partial charge in [-0.25, -0.2) is 14.0 Å². The van der Waals surface area contributed by atoms with Crippen molar-refractivity contribution >= 4 is 29.4 Å². The van der Waals surface area contributed by atoms with E-state index in [2.05, 4.69) is 20.8 Å². The van der Waals surface area contributed by atoms with Gasteiger partial charge in [-0.05, 0) is 73.5 Å². The molecule has 1 atom stereocenters.